The number of phenolic OH excluding ortho intramolecular Hbond substituents is 1. The molecule has 5 nitrogen and oxygen atoms in total. The highest BCUT2D eigenvalue weighted by molar-refractivity contribution is 6.07. The van der Waals surface area contributed by atoms with Gasteiger partial charge in [-0.2, -0.15) is 0 Å². The minimum absolute atomic E-state index is 0.231. The van der Waals surface area contributed by atoms with Gasteiger partial charge in [0.1, 0.15) is 11.6 Å². The van der Waals surface area contributed by atoms with Gasteiger partial charge in [-0.3, -0.25) is 14.9 Å². The summed E-state index contributed by atoms with van der Waals surface area (Å²) in [4.78, 5) is 21.7. The zero-order valence-corrected chi connectivity index (χ0v) is 11.0. The van der Waals surface area contributed by atoms with Crippen molar-refractivity contribution >= 4 is 17.5 Å². The maximum absolute atomic E-state index is 13.4. The van der Waals surface area contributed by atoms with E-state index in [0.29, 0.717) is 0 Å². The van der Waals surface area contributed by atoms with Gasteiger partial charge in [-0.05, 0) is 29.8 Å². The summed E-state index contributed by atoms with van der Waals surface area (Å²) in [6.07, 6.45) is 2.07. The topological polar surface area (TPSA) is 80.4 Å². The summed E-state index contributed by atoms with van der Waals surface area (Å²) in [5.74, 6) is -3.42. The third-order valence-electron chi connectivity index (χ3n) is 2.83. The van der Waals surface area contributed by atoms with Crippen LogP contribution in [-0.2, 0) is 0 Å². The lowest BCUT2D eigenvalue weighted by atomic mass is 10.1. The molecule has 0 spiro atoms. The molecule has 0 fully saturated rings. The van der Waals surface area contributed by atoms with Crippen LogP contribution in [0.3, 0.4) is 0 Å². The van der Waals surface area contributed by atoms with Crippen LogP contribution in [0.1, 0.15) is 15.9 Å². The molecule has 2 aromatic rings. The predicted molar refractivity (Wildman–Crippen MR) is 74.5 cm³/mol. The number of nitro benzene ring substituents is 1. The second-order valence-electron chi connectivity index (χ2n) is 4.30. The lowest BCUT2D eigenvalue weighted by Gasteiger charge is -2.00. The Morgan fingerprint density at radius 2 is 1.82 bits per heavy atom. The van der Waals surface area contributed by atoms with E-state index < -0.39 is 39.3 Å². The van der Waals surface area contributed by atoms with E-state index >= 15 is 0 Å². The normalized spacial score (nSPS) is 10.8. The number of halogens is 2. The Bertz CT molecular complexity index is 767. The minimum Gasteiger partial charge on any atom is -0.502 e. The average molecular weight is 305 g/mol. The number of benzene rings is 2. The largest absolute Gasteiger partial charge is 0.502 e. The van der Waals surface area contributed by atoms with Crippen molar-refractivity contribution in [3.63, 3.8) is 0 Å². The third-order valence-corrected chi connectivity index (χ3v) is 2.83. The second-order valence-corrected chi connectivity index (χ2v) is 4.30. The fourth-order valence-corrected chi connectivity index (χ4v) is 1.78. The van der Waals surface area contributed by atoms with Crippen LogP contribution < -0.4 is 0 Å². The fourth-order valence-electron chi connectivity index (χ4n) is 1.78. The molecule has 0 atom stereocenters. The Labute approximate surface area is 123 Å². The van der Waals surface area contributed by atoms with E-state index in [4.69, 9.17) is 0 Å². The van der Waals surface area contributed by atoms with Gasteiger partial charge in [0.05, 0.1) is 10.5 Å². The number of nitro groups is 1. The SMILES string of the molecule is O=C(/C=C/c1ccc(O)c([N+](=O)[O-])c1)c1c(F)cccc1F. The molecule has 0 bridgehead atoms. The van der Waals surface area contributed by atoms with Gasteiger partial charge in [0.15, 0.2) is 11.5 Å². The molecule has 2 aromatic carbocycles. The van der Waals surface area contributed by atoms with Crippen LogP contribution in [0.5, 0.6) is 5.75 Å². The van der Waals surface area contributed by atoms with Crippen LogP contribution in [0.2, 0.25) is 0 Å². The van der Waals surface area contributed by atoms with Gasteiger partial charge in [0, 0.05) is 6.07 Å². The first-order valence-corrected chi connectivity index (χ1v) is 6.04. The number of carbonyl (C=O) groups excluding carboxylic acids is 1. The van der Waals surface area contributed by atoms with Crippen molar-refractivity contribution in [2.75, 3.05) is 0 Å². The molecule has 0 aliphatic rings. The number of rotatable bonds is 4. The maximum atomic E-state index is 13.4. The van der Waals surface area contributed by atoms with Crippen molar-refractivity contribution in [1.82, 2.24) is 0 Å². The fraction of sp³-hybridized carbons (Fsp3) is 0. The van der Waals surface area contributed by atoms with Crippen molar-refractivity contribution in [2.24, 2.45) is 0 Å². The lowest BCUT2D eigenvalue weighted by Crippen LogP contribution is -2.02. The summed E-state index contributed by atoms with van der Waals surface area (Å²) in [6, 6.07) is 6.49. The van der Waals surface area contributed by atoms with Crippen LogP contribution in [0, 0.1) is 21.7 Å². The van der Waals surface area contributed by atoms with Crippen LogP contribution in [0.25, 0.3) is 6.08 Å². The summed E-state index contributed by atoms with van der Waals surface area (Å²) in [5, 5.41) is 20.0. The van der Waals surface area contributed by atoms with Crippen molar-refractivity contribution in [1.29, 1.82) is 0 Å². The lowest BCUT2D eigenvalue weighted by molar-refractivity contribution is -0.385. The van der Waals surface area contributed by atoms with E-state index in [0.717, 1.165) is 36.4 Å². The van der Waals surface area contributed by atoms with Crippen LogP contribution >= 0.6 is 0 Å². The summed E-state index contributed by atoms with van der Waals surface area (Å²) < 4.78 is 26.9. The first-order chi connectivity index (χ1) is 10.4. The summed E-state index contributed by atoms with van der Waals surface area (Å²) in [6.45, 7) is 0. The molecule has 112 valence electrons. The van der Waals surface area contributed by atoms with Crippen molar-refractivity contribution < 1.29 is 23.6 Å². The molecule has 0 saturated heterocycles. The van der Waals surface area contributed by atoms with Gasteiger partial charge < -0.3 is 5.11 Å². The molecule has 0 heterocycles. The average Bonchev–Trinajstić information content (AvgIpc) is 2.46. The highest BCUT2D eigenvalue weighted by Gasteiger charge is 2.15. The number of phenols is 1. The number of nitrogens with zero attached hydrogens (tertiary/aromatic N) is 1. The summed E-state index contributed by atoms with van der Waals surface area (Å²) >= 11 is 0. The first kappa shape index (κ1) is 15.3. The van der Waals surface area contributed by atoms with E-state index in [9.17, 15) is 28.8 Å². The quantitative estimate of drug-likeness (QED) is 0.406. The number of allylic oxidation sites excluding steroid dienone is 1. The molecule has 2 rings (SSSR count). The van der Waals surface area contributed by atoms with E-state index in [2.05, 4.69) is 0 Å². The molecular formula is C15H9F2NO4. The van der Waals surface area contributed by atoms with Gasteiger partial charge in [0.2, 0.25) is 0 Å². The third kappa shape index (κ3) is 3.14. The number of carbonyl (C=O) groups is 1. The predicted octanol–water partition coefficient (Wildman–Crippen LogP) is 3.47. The van der Waals surface area contributed by atoms with E-state index in [1.54, 1.807) is 0 Å². The number of hydrogen-bond acceptors (Lipinski definition) is 4. The molecule has 0 saturated carbocycles. The van der Waals surface area contributed by atoms with Crippen LogP contribution in [-0.4, -0.2) is 15.8 Å². The van der Waals surface area contributed by atoms with Gasteiger partial charge in [0.25, 0.3) is 0 Å². The van der Waals surface area contributed by atoms with Gasteiger partial charge in [-0.25, -0.2) is 8.78 Å². The highest BCUT2D eigenvalue weighted by Crippen LogP contribution is 2.26. The molecule has 0 radical (unpaired) electrons. The molecule has 7 heteroatoms. The van der Waals surface area contributed by atoms with E-state index in [1.165, 1.54) is 12.1 Å². The van der Waals surface area contributed by atoms with Gasteiger partial charge in [-0.15, -0.1) is 0 Å². The van der Waals surface area contributed by atoms with Gasteiger partial charge >= 0.3 is 5.69 Å². The Kier molecular flexibility index (Phi) is 4.26. The minimum atomic E-state index is -0.994. The smallest absolute Gasteiger partial charge is 0.311 e. The highest BCUT2D eigenvalue weighted by atomic mass is 19.1. The molecule has 0 aliphatic carbocycles. The Hall–Kier alpha value is -3.09. The Morgan fingerprint density at radius 1 is 1.18 bits per heavy atom. The second kappa shape index (κ2) is 6.13. The molecule has 0 aromatic heterocycles. The molecule has 22 heavy (non-hydrogen) atoms. The van der Waals surface area contributed by atoms with Crippen molar-refractivity contribution in [2.45, 2.75) is 0 Å². The number of hydrogen-bond donors (Lipinski definition) is 1. The van der Waals surface area contributed by atoms with Crippen molar-refractivity contribution in [3.8, 4) is 5.75 Å². The molecule has 0 amide bonds. The van der Waals surface area contributed by atoms with Gasteiger partial charge in [-0.1, -0.05) is 18.2 Å². The van der Waals surface area contributed by atoms with Crippen LogP contribution in [0.15, 0.2) is 42.5 Å². The zero-order valence-electron chi connectivity index (χ0n) is 11.0. The standard InChI is InChI=1S/C15H9F2NO4/c16-10-2-1-3-11(17)15(10)14(20)7-5-9-4-6-13(19)12(8-9)18(21)22/h1-8,19H/b7-5+. The molecule has 0 aliphatic heterocycles. The Balaban J connectivity index is 2.31. The van der Waals surface area contributed by atoms with Crippen LogP contribution in [0.4, 0.5) is 14.5 Å². The van der Waals surface area contributed by atoms with Crippen molar-refractivity contribution in [3.05, 3.63) is 75.3 Å². The summed E-state index contributed by atoms with van der Waals surface area (Å²) in [5.41, 5.74) is -1.01. The Morgan fingerprint density at radius 3 is 2.41 bits per heavy atom. The molecule has 0 unspecified atom stereocenters. The number of aromatic hydroxyl groups is 1. The van der Waals surface area contributed by atoms with E-state index in [1.807, 2.05) is 0 Å². The monoisotopic (exact) mass is 305 g/mol. The first-order valence-electron chi connectivity index (χ1n) is 6.04. The maximum Gasteiger partial charge on any atom is 0.311 e. The van der Waals surface area contributed by atoms with E-state index in [-0.39, 0.29) is 5.56 Å². The number of ketones is 1. The molecule has 1 N–H and O–H groups in total. The molecular weight excluding hydrogens is 296 g/mol. The zero-order chi connectivity index (χ0) is 16.3. The summed E-state index contributed by atoms with van der Waals surface area (Å²) in [7, 11) is 0.